The Kier molecular flexibility index (Phi) is 40.7. The highest BCUT2D eigenvalue weighted by atomic mass is 16.7. The number of carbonyl (C=O) groups excluding carboxylic acids is 1. The van der Waals surface area contributed by atoms with E-state index in [1.807, 2.05) is 0 Å². The number of hydrogen-bond acceptors (Lipinski definition) is 9. The van der Waals surface area contributed by atoms with Gasteiger partial charge in [-0.25, -0.2) is 0 Å². The Hall–Kier alpha value is -1.85. The van der Waals surface area contributed by atoms with Gasteiger partial charge < -0.3 is 39.4 Å². The van der Waals surface area contributed by atoms with E-state index in [2.05, 4.69) is 62.5 Å². The molecule has 61 heavy (non-hydrogen) atoms. The number of aliphatic hydroxyl groups excluding tert-OH is 4. The van der Waals surface area contributed by atoms with Crippen molar-refractivity contribution in [2.24, 2.45) is 0 Å². The number of aliphatic hydroxyl groups is 4. The highest BCUT2D eigenvalue weighted by Gasteiger charge is 2.44. The van der Waals surface area contributed by atoms with Gasteiger partial charge in [-0.1, -0.05) is 178 Å². The Morgan fingerprint density at radius 2 is 0.951 bits per heavy atom. The quantitative estimate of drug-likeness (QED) is 0.0268. The van der Waals surface area contributed by atoms with Crippen molar-refractivity contribution in [1.82, 2.24) is 0 Å². The summed E-state index contributed by atoms with van der Waals surface area (Å²) in [7, 11) is 0. The van der Waals surface area contributed by atoms with Crippen LogP contribution >= 0.6 is 0 Å². The van der Waals surface area contributed by atoms with Crippen LogP contribution in [0.4, 0.5) is 0 Å². The molecule has 0 saturated carbocycles. The third kappa shape index (κ3) is 34.3. The average Bonchev–Trinajstić information content (AvgIpc) is 3.26. The summed E-state index contributed by atoms with van der Waals surface area (Å²) in [4.78, 5) is 12.8. The molecule has 4 N–H and O–H groups in total. The van der Waals surface area contributed by atoms with Crippen LogP contribution in [0.3, 0.4) is 0 Å². The van der Waals surface area contributed by atoms with Gasteiger partial charge in [-0.15, -0.1) is 0 Å². The number of esters is 1. The van der Waals surface area contributed by atoms with Gasteiger partial charge in [0.05, 0.1) is 19.8 Å². The zero-order valence-electron chi connectivity index (χ0n) is 39.2. The normalized spacial score (nSPS) is 20.3. The molecule has 356 valence electrons. The summed E-state index contributed by atoms with van der Waals surface area (Å²) < 4.78 is 22.8. The highest BCUT2D eigenvalue weighted by Crippen LogP contribution is 2.23. The van der Waals surface area contributed by atoms with E-state index in [0.29, 0.717) is 13.0 Å². The van der Waals surface area contributed by atoms with Crippen molar-refractivity contribution in [1.29, 1.82) is 0 Å². The highest BCUT2D eigenvalue weighted by molar-refractivity contribution is 5.69. The van der Waals surface area contributed by atoms with Crippen LogP contribution in [0.25, 0.3) is 0 Å². The molecule has 1 aliphatic heterocycles. The molecule has 1 aliphatic rings. The van der Waals surface area contributed by atoms with Crippen LogP contribution in [0.2, 0.25) is 0 Å². The predicted molar refractivity (Wildman–Crippen MR) is 251 cm³/mol. The lowest BCUT2D eigenvalue weighted by Crippen LogP contribution is -2.59. The van der Waals surface area contributed by atoms with Crippen LogP contribution < -0.4 is 0 Å². The van der Waals surface area contributed by atoms with Crippen LogP contribution in [-0.4, -0.2) is 89.6 Å². The Morgan fingerprint density at radius 3 is 1.48 bits per heavy atom. The molecule has 0 amide bonds. The fourth-order valence-corrected chi connectivity index (χ4v) is 7.49. The number of allylic oxidation sites excluding steroid dienone is 8. The van der Waals surface area contributed by atoms with Crippen molar-refractivity contribution in [3.05, 3.63) is 48.6 Å². The summed E-state index contributed by atoms with van der Waals surface area (Å²) in [6.45, 7) is 4.51. The van der Waals surface area contributed by atoms with Crippen molar-refractivity contribution in [2.75, 3.05) is 26.4 Å². The topological polar surface area (TPSA) is 135 Å². The number of unbranched alkanes of at least 4 members (excludes halogenated alkanes) is 24. The lowest BCUT2D eigenvalue weighted by atomic mass is 9.99. The summed E-state index contributed by atoms with van der Waals surface area (Å²) in [5.74, 6) is -0.324. The fourth-order valence-electron chi connectivity index (χ4n) is 7.49. The minimum atomic E-state index is -1.54. The van der Waals surface area contributed by atoms with Crippen LogP contribution in [0, 0.1) is 0 Å². The summed E-state index contributed by atoms with van der Waals surface area (Å²) in [6, 6.07) is 0. The lowest BCUT2D eigenvalue weighted by Gasteiger charge is -2.39. The SMILES string of the molecule is CCCCC/C=C\CCCCCCCC(=O)OC(COCCCCCCCCCCCCC/C=C\C/C=C\C/C=C\CCCCCCC)COC1OC(CO)C(O)C(O)C1O. The first-order valence-corrected chi connectivity index (χ1v) is 25.2. The number of rotatable bonds is 43. The zero-order valence-corrected chi connectivity index (χ0v) is 39.2. The molecule has 6 atom stereocenters. The van der Waals surface area contributed by atoms with Gasteiger partial charge in [0.15, 0.2) is 6.29 Å². The van der Waals surface area contributed by atoms with Gasteiger partial charge in [0, 0.05) is 13.0 Å². The van der Waals surface area contributed by atoms with Gasteiger partial charge >= 0.3 is 5.97 Å². The predicted octanol–water partition coefficient (Wildman–Crippen LogP) is 12.1. The second kappa shape index (κ2) is 43.4. The molecule has 1 heterocycles. The average molecular weight is 863 g/mol. The molecule has 0 aromatic rings. The van der Waals surface area contributed by atoms with E-state index in [0.717, 1.165) is 57.8 Å². The van der Waals surface area contributed by atoms with E-state index < -0.39 is 43.4 Å². The van der Waals surface area contributed by atoms with Crippen LogP contribution in [0.1, 0.15) is 213 Å². The first-order valence-electron chi connectivity index (χ1n) is 25.2. The number of ether oxygens (including phenoxy) is 4. The summed E-state index contributed by atoms with van der Waals surface area (Å²) in [5, 5.41) is 40.2. The molecule has 1 saturated heterocycles. The minimum Gasteiger partial charge on any atom is -0.457 e. The van der Waals surface area contributed by atoms with Gasteiger partial charge in [0.1, 0.15) is 30.5 Å². The number of carbonyl (C=O) groups is 1. The van der Waals surface area contributed by atoms with Gasteiger partial charge in [0.2, 0.25) is 0 Å². The van der Waals surface area contributed by atoms with Crippen molar-refractivity contribution in [3.8, 4) is 0 Å². The first kappa shape index (κ1) is 57.2. The van der Waals surface area contributed by atoms with Crippen molar-refractivity contribution < 1.29 is 44.2 Å². The smallest absolute Gasteiger partial charge is 0.306 e. The van der Waals surface area contributed by atoms with Crippen molar-refractivity contribution in [2.45, 2.75) is 250 Å². The van der Waals surface area contributed by atoms with E-state index in [1.54, 1.807) is 0 Å². The third-order valence-electron chi connectivity index (χ3n) is 11.5. The van der Waals surface area contributed by atoms with E-state index in [4.69, 9.17) is 18.9 Å². The molecule has 9 heteroatoms. The molecule has 1 fully saturated rings. The maximum absolute atomic E-state index is 12.8. The Bertz CT molecular complexity index is 1070. The molecular formula is C52H94O9. The molecule has 0 aromatic heterocycles. The Morgan fingerprint density at radius 1 is 0.525 bits per heavy atom. The Balaban J connectivity index is 2.16. The molecule has 1 rings (SSSR count). The summed E-state index contributed by atoms with van der Waals surface area (Å²) in [6.07, 6.45) is 47.2. The maximum Gasteiger partial charge on any atom is 0.306 e. The standard InChI is InChI=1S/C52H94O9/c1-3-5-7-9-11-13-15-17-18-19-20-21-22-23-24-25-26-27-28-29-30-32-34-36-38-40-42-58-44-46(45-59-52-51(57)50(56)49(55)47(43-53)61-52)60-48(54)41-39-37-35-33-31-16-14-12-10-8-6-4-2/h12,14-15,17,19-20,22-23,46-47,49-53,55-57H,3-11,13,16,18,21,24-45H2,1-2H3/b14-12-,17-15-,20-19-,23-22-. The fraction of sp³-hybridized carbons (Fsp3) is 0.827. The molecule has 0 radical (unpaired) electrons. The number of hydrogen-bond donors (Lipinski definition) is 4. The maximum atomic E-state index is 12.8. The first-order chi connectivity index (χ1) is 29.9. The molecule has 0 spiro atoms. The molecule has 0 bridgehead atoms. The van der Waals surface area contributed by atoms with Gasteiger partial charge in [-0.3, -0.25) is 4.79 Å². The van der Waals surface area contributed by atoms with E-state index in [9.17, 15) is 25.2 Å². The largest absolute Gasteiger partial charge is 0.457 e. The van der Waals surface area contributed by atoms with E-state index >= 15 is 0 Å². The lowest BCUT2D eigenvalue weighted by molar-refractivity contribution is -0.305. The molecule has 0 aliphatic carbocycles. The van der Waals surface area contributed by atoms with Crippen molar-refractivity contribution >= 4 is 5.97 Å². The molecular weight excluding hydrogens is 769 g/mol. The van der Waals surface area contributed by atoms with Gasteiger partial charge in [0.25, 0.3) is 0 Å². The molecule has 0 aromatic carbocycles. The van der Waals surface area contributed by atoms with Crippen LogP contribution in [0.5, 0.6) is 0 Å². The van der Waals surface area contributed by atoms with E-state index in [1.165, 1.54) is 135 Å². The second-order valence-electron chi connectivity index (χ2n) is 17.3. The second-order valence-corrected chi connectivity index (χ2v) is 17.3. The monoisotopic (exact) mass is 863 g/mol. The summed E-state index contributed by atoms with van der Waals surface area (Å²) in [5.41, 5.74) is 0. The van der Waals surface area contributed by atoms with E-state index in [-0.39, 0.29) is 19.2 Å². The zero-order chi connectivity index (χ0) is 44.3. The third-order valence-corrected chi connectivity index (χ3v) is 11.5. The summed E-state index contributed by atoms with van der Waals surface area (Å²) >= 11 is 0. The molecule has 9 nitrogen and oxygen atoms in total. The van der Waals surface area contributed by atoms with Crippen LogP contribution in [0.15, 0.2) is 48.6 Å². The minimum absolute atomic E-state index is 0.118. The Labute approximate surface area is 373 Å². The van der Waals surface area contributed by atoms with Gasteiger partial charge in [-0.05, 0) is 77.0 Å². The van der Waals surface area contributed by atoms with Gasteiger partial charge in [-0.2, -0.15) is 0 Å². The van der Waals surface area contributed by atoms with Crippen LogP contribution in [-0.2, 0) is 23.7 Å². The molecule has 6 unspecified atom stereocenters. The van der Waals surface area contributed by atoms with Crippen molar-refractivity contribution in [3.63, 3.8) is 0 Å².